The molecule has 0 radical (unpaired) electrons. The first kappa shape index (κ1) is 19.2. The molecule has 5 heteroatoms. The first-order valence-electron chi connectivity index (χ1n) is 10.5. The van der Waals surface area contributed by atoms with Gasteiger partial charge in [0, 0.05) is 37.7 Å². The molecular weight excluding hydrogens is 350 g/mol. The molecule has 150 valence electrons. The van der Waals surface area contributed by atoms with Crippen LogP contribution >= 0.6 is 0 Å². The van der Waals surface area contributed by atoms with Gasteiger partial charge in [0.2, 0.25) is 5.76 Å². The lowest BCUT2D eigenvalue weighted by Gasteiger charge is -2.40. The van der Waals surface area contributed by atoms with Crippen LogP contribution in [-0.2, 0) is 6.54 Å². The van der Waals surface area contributed by atoms with Gasteiger partial charge in [0.15, 0.2) is 0 Å². The molecule has 1 spiro atoms. The molecule has 0 N–H and O–H groups in total. The number of amides is 1. The summed E-state index contributed by atoms with van der Waals surface area (Å²) in [5.74, 6) is 0.643. The van der Waals surface area contributed by atoms with Gasteiger partial charge in [0.05, 0.1) is 5.69 Å². The zero-order valence-corrected chi connectivity index (χ0v) is 17.3. The Labute approximate surface area is 167 Å². The number of aryl methyl sites for hydroxylation is 1. The van der Waals surface area contributed by atoms with Gasteiger partial charge in [-0.05, 0) is 44.2 Å². The molecule has 0 aliphatic carbocycles. The molecule has 5 nitrogen and oxygen atoms in total. The highest BCUT2D eigenvalue weighted by Crippen LogP contribution is 2.40. The number of carbonyl (C=O) groups excluding carboxylic acids is 1. The normalized spacial score (nSPS) is 23.1. The van der Waals surface area contributed by atoms with E-state index in [9.17, 15) is 4.79 Å². The van der Waals surface area contributed by atoms with E-state index in [-0.39, 0.29) is 17.2 Å². The number of rotatable bonds is 4. The second-order valence-electron chi connectivity index (χ2n) is 9.05. The molecule has 2 saturated heterocycles. The SMILES string of the molecule is Cc1cccc(CN2CCCC3(CCN(C(=O)c4cc(C(C)C)no4)C3)C2)c1. The summed E-state index contributed by atoms with van der Waals surface area (Å²) in [7, 11) is 0. The van der Waals surface area contributed by atoms with Crippen molar-refractivity contribution in [3.05, 3.63) is 52.9 Å². The molecule has 1 aromatic carbocycles. The molecule has 1 amide bonds. The van der Waals surface area contributed by atoms with Crippen molar-refractivity contribution in [1.82, 2.24) is 15.0 Å². The van der Waals surface area contributed by atoms with E-state index in [2.05, 4.69) is 55.1 Å². The van der Waals surface area contributed by atoms with Crippen molar-refractivity contribution in [1.29, 1.82) is 0 Å². The Hall–Kier alpha value is -2.14. The van der Waals surface area contributed by atoms with Gasteiger partial charge in [-0.15, -0.1) is 0 Å². The summed E-state index contributed by atoms with van der Waals surface area (Å²) >= 11 is 0. The van der Waals surface area contributed by atoms with Crippen LogP contribution < -0.4 is 0 Å². The molecule has 28 heavy (non-hydrogen) atoms. The van der Waals surface area contributed by atoms with E-state index in [1.54, 1.807) is 0 Å². The smallest absolute Gasteiger partial charge is 0.292 e. The van der Waals surface area contributed by atoms with E-state index < -0.39 is 0 Å². The molecule has 2 aliphatic heterocycles. The lowest BCUT2D eigenvalue weighted by atomic mass is 9.79. The number of hydrogen-bond donors (Lipinski definition) is 0. The fourth-order valence-corrected chi connectivity index (χ4v) is 4.77. The number of carbonyl (C=O) groups is 1. The van der Waals surface area contributed by atoms with E-state index >= 15 is 0 Å². The second-order valence-corrected chi connectivity index (χ2v) is 9.05. The topological polar surface area (TPSA) is 49.6 Å². The maximum Gasteiger partial charge on any atom is 0.292 e. The minimum Gasteiger partial charge on any atom is -0.351 e. The second kappa shape index (κ2) is 7.70. The molecule has 0 bridgehead atoms. The average molecular weight is 382 g/mol. The van der Waals surface area contributed by atoms with Crippen molar-refractivity contribution < 1.29 is 9.32 Å². The van der Waals surface area contributed by atoms with Crippen LogP contribution in [0, 0.1) is 12.3 Å². The molecule has 2 aromatic rings. The number of piperidine rings is 1. The van der Waals surface area contributed by atoms with E-state index in [0.29, 0.717) is 5.76 Å². The van der Waals surface area contributed by atoms with E-state index in [4.69, 9.17) is 4.52 Å². The summed E-state index contributed by atoms with van der Waals surface area (Å²) in [5.41, 5.74) is 3.76. The maximum absolute atomic E-state index is 12.9. The first-order chi connectivity index (χ1) is 13.4. The van der Waals surface area contributed by atoms with Crippen LogP contribution in [-0.4, -0.2) is 47.0 Å². The van der Waals surface area contributed by atoms with Crippen LogP contribution in [0.5, 0.6) is 0 Å². The van der Waals surface area contributed by atoms with Crippen molar-refractivity contribution in [2.24, 2.45) is 5.41 Å². The zero-order valence-electron chi connectivity index (χ0n) is 17.3. The van der Waals surface area contributed by atoms with Gasteiger partial charge in [0.1, 0.15) is 0 Å². The minimum absolute atomic E-state index is 0.00733. The Morgan fingerprint density at radius 3 is 2.82 bits per heavy atom. The van der Waals surface area contributed by atoms with Gasteiger partial charge in [-0.1, -0.05) is 48.8 Å². The third-order valence-corrected chi connectivity index (χ3v) is 6.29. The third kappa shape index (κ3) is 4.00. The van der Waals surface area contributed by atoms with Crippen molar-refractivity contribution >= 4 is 5.91 Å². The van der Waals surface area contributed by atoms with Gasteiger partial charge in [-0.2, -0.15) is 0 Å². The van der Waals surface area contributed by atoms with Crippen molar-refractivity contribution in [2.45, 2.75) is 52.5 Å². The molecule has 2 aliphatic rings. The van der Waals surface area contributed by atoms with Crippen LogP contribution in [0.15, 0.2) is 34.9 Å². The number of nitrogens with zero attached hydrogens (tertiary/aromatic N) is 3. The first-order valence-corrected chi connectivity index (χ1v) is 10.5. The number of aromatic nitrogens is 1. The fourth-order valence-electron chi connectivity index (χ4n) is 4.77. The highest BCUT2D eigenvalue weighted by atomic mass is 16.5. The standard InChI is InChI=1S/C23H31N3O2/c1-17(2)20-13-21(28-24-20)22(27)26-11-9-23(16-26)8-5-10-25(15-23)14-19-7-4-6-18(3)12-19/h4,6-7,12-13,17H,5,8-11,14-16H2,1-3H3. The lowest BCUT2D eigenvalue weighted by molar-refractivity contribution is 0.0644. The number of benzene rings is 1. The van der Waals surface area contributed by atoms with Gasteiger partial charge < -0.3 is 9.42 Å². The summed E-state index contributed by atoms with van der Waals surface area (Å²) in [6, 6.07) is 10.6. The number of likely N-dealkylation sites (tertiary alicyclic amines) is 2. The molecule has 1 unspecified atom stereocenters. The molecule has 1 atom stereocenters. The van der Waals surface area contributed by atoms with Crippen molar-refractivity contribution in [3.63, 3.8) is 0 Å². The third-order valence-electron chi connectivity index (χ3n) is 6.29. The van der Waals surface area contributed by atoms with E-state index in [0.717, 1.165) is 44.8 Å². The fraction of sp³-hybridized carbons (Fsp3) is 0.565. The number of hydrogen-bond acceptors (Lipinski definition) is 4. The zero-order chi connectivity index (χ0) is 19.7. The molecule has 4 rings (SSSR count). The summed E-state index contributed by atoms with van der Waals surface area (Å²) in [6.07, 6.45) is 3.48. The highest BCUT2D eigenvalue weighted by molar-refractivity contribution is 5.91. The van der Waals surface area contributed by atoms with Crippen LogP contribution in [0.4, 0.5) is 0 Å². The van der Waals surface area contributed by atoms with Gasteiger partial charge in [-0.3, -0.25) is 9.69 Å². The quantitative estimate of drug-likeness (QED) is 0.795. The summed E-state index contributed by atoms with van der Waals surface area (Å²) < 4.78 is 5.34. The van der Waals surface area contributed by atoms with Crippen LogP contribution in [0.1, 0.15) is 66.4 Å². The van der Waals surface area contributed by atoms with Crippen molar-refractivity contribution in [3.8, 4) is 0 Å². The van der Waals surface area contributed by atoms with Crippen LogP contribution in [0.3, 0.4) is 0 Å². The lowest BCUT2D eigenvalue weighted by Crippen LogP contribution is -2.45. The Morgan fingerprint density at radius 1 is 1.21 bits per heavy atom. The summed E-state index contributed by atoms with van der Waals surface area (Å²) in [5, 5.41) is 4.05. The Morgan fingerprint density at radius 2 is 2.07 bits per heavy atom. The molecule has 0 saturated carbocycles. The summed E-state index contributed by atoms with van der Waals surface area (Å²) in [4.78, 5) is 17.4. The highest BCUT2D eigenvalue weighted by Gasteiger charge is 2.43. The molecule has 3 heterocycles. The van der Waals surface area contributed by atoms with E-state index in [1.807, 2.05) is 11.0 Å². The average Bonchev–Trinajstić information content (AvgIpc) is 3.29. The van der Waals surface area contributed by atoms with Gasteiger partial charge in [0.25, 0.3) is 5.91 Å². The van der Waals surface area contributed by atoms with Crippen LogP contribution in [0.25, 0.3) is 0 Å². The Balaban J connectivity index is 1.40. The molecule has 1 aromatic heterocycles. The largest absolute Gasteiger partial charge is 0.351 e. The predicted molar refractivity (Wildman–Crippen MR) is 109 cm³/mol. The molecular formula is C23H31N3O2. The van der Waals surface area contributed by atoms with E-state index in [1.165, 1.54) is 24.0 Å². The van der Waals surface area contributed by atoms with Crippen LogP contribution in [0.2, 0.25) is 0 Å². The Bertz CT molecular complexity index is 844. The minimum atomic E-state index is -0.00733. The van der Waals surface area contributed by atoms with Crippen molar-refractivity contribution in [2.75, 3.05) is 26.2 Å². The summed E-state index contributed by atoms with van der Waals surface area (Å²) in [6.45, 7) is 11.1. The van der Waals surface area contributed by atoms with Gasteiger partial charge >= 0.3 is 0 Å². The Kier molecular flexibility index (Phi) is 5.28. The predicted octanol–water partition coefficient (Wildman–Crippen LogP) is 4.23. The molecule has 2 fully saturated rings. The monoisotopic (exact) mass is 381 g/mol. The maximum atomic E-state index is 12.9. The van der Waals surface area contributed by atoms with Gasteiger partial charge in [-0.25, -0.2) is 0 Å².